The minimum Gasteiger partial charge on any atom is -0.493 e. The standard InChI is InChI=1S/C23H29N3O6/c1-4-32-21-8-7-17(14-22(21)30-3)20(25-9-11-31-12-10-25)15-24-23(27)18-6-5-16(2)19(13-18)26(28)29/h5-8,13-14,20H,4,9-12,15H2,1-3H3,(H,24,27)/t20-/m0/s1. The fourth-order valence-corrected chi connectivity index (χ4v) is 3.75. The molecule has 0 bridgehead atoms. The van der Waals surface area contributed by atoms with E-state index in [0.717, 1.165) is 18.7 Å². The molecule has 0 aliphatic carbocycles. The largest absolute Gasteiger partial charge is 0.493 e. The number of nitrogens with one attached hydrogen (secondary N) is 1. The van der Waals surface area contributed by atoms with Crippen molar-refractivity contribution in [2.24, 2.45) is 0 Å². The maximum absolute atomic E-state index is 12.8. The number of hydrogen-bond acceptors (Lipinski definition) is 7. The van der Waals surface area contributed by atoms with Gasteiger partial charge in [0.15, 0.2) is 11.5 Å². The number of nitrogens with zero attached hydrogens (tertiary/aromatic N) is 2. The molecule has 172 valence electrons. The lowest BCUT2D eigenvalue weighted by molar-refractivity contribution is -0.385. The van der Waals surface area contributed by atoms with E-state index in [1.165, 1.54) is 6.07 Å². The lowest BCUT2D eigenvalue weighted by Gasteiger charge is -2.35. The summed E-state index contributed by atoms with van der Waals surface area (Å²) in [6.07, 6.45) is 0. The minimum absolute atomic E-state index is 0.0707. The Bertz CT molecular complexity index is 959. The second-order valence-electron chi connectivity index (χ2n) is 7.48. The number of nitro benzene ring substituents is 1. The van der Waals surface area contributed by atoms with Crippen molar-refractivity contribution in [1.29, 1.82) is 0 Å². The van der Waals surface area contributed by atoms with Crippen LogP contribution in [0.5, 0.6) is 11.5 Å². The van der Waals surface area contributed by atoms with Gasteiger partial charge in [-0.05, 0) is 37.6 Å². The van der Waals surface area contributed by atoms with E-state index in [9.17, 15) is 14.9 Å². The molecule has 1 saturated heterocycles. The number of carbonyl (C=O) groups excluding carboxylic acids is 1. The van der Waals surface area contributed by atoms with Crippen LogP contribution in [0.25, 0.3) is 0 Å². The van der Waals surface area contributed by atoms with E-state index in [1.807, 2.05) is 25.1 Å². The summed E-state index contributed by atoms with van der Waals surface area (Å²) in [6.45, 7) is 7.10. The molecular formula is C23H29N3O6. The monoisotopic (exact) mass is 443 g/mol. The van der Waals surface area contributed by atoms with Gasteiger partial charge in [-0.15, -0.1) is 0 Å². The zero-order chi connectivity index (χ0) is 23.1. The van der Waals surface area contributed by atoms with Gasteiger partial charge in [-0.2, -0.15) is 0 Å². The van der Waals surface area contributed by atoms with Crippen LogP contribution in [0.3, 0.4) is 0 Å². The Hall–Kier alpha value is -3.17. The van der Waals surface area contributed by atoms with Gasteiger partial charge in [0.2, 0.25) is 0 Å². The summed E-state index contributed by atoms with van der Waals surface area (Å²) in [6, 6.07) is 10.1. The average molecular weight is 444 g/mol. The first-order valence-corrected chi connectivity index (χ1v) is 10.6. The van der Waals surface area contributed by atoms with E-state index in [0.29, 0.717) is 43.4 Å². The lowest BCUT2D eigenvalue weighted by Crippen LogP contribution is -2.43. The molecule has 1 atom stereocenters. The predicted octanol–water partition coefficient (Wildman–Crippen LogP) is 3.11. The van der Waals surface area contributed by atoms with Crippen molar-refractivity contribution in [1.82, 2.24) is 10.2 Å². The smallest absolute Gasteiger partial charge is 0.273 e. The Morgan fingerprint density at radius 2 is 1.97 bits per heavy atom. The molecule has 1 fully saturated rings. The van der Waals surface area contributed by atoms with Gasteiger partial charge in [0.1, 0.15) is 0 Å². The number of ether oxygens (including phenoxy) is 3. The molecule has 0 unspecified atom stereocenters. The number of carbonyl (C=O) groups is 1. The number of nitro groups is 1. The predicted molar refractivity (Wildman–Crippen MR) is 119 cm³/mol. The van der Waals surface area contributed by atoms with Crippen LogP contribution in [0.2, 0.25) is 0 Å². The molecule has 1 heterocycles. The third-order valence-corrected chi connectivity index (χ3v) is 5.48. The highest BCUT2D eigenvalue weighted by molar-refractivity contribution is 5.95. The quantitative estimate of drug-likeness (QED) is 0.469. The maximum Gasteiger partial charge on any atom is 0.273 e. The fraction of sp³-hybridized carbons (Fsp3) is 0.435. The second kappa shape index (κ2) is 10.9. The Morgan fingerprint density at radius 3 is 2.62 bits per heavy atom. The van der Waals surface area contributed by atoms with Crippen LogP contribution in [0.15, 0.2) is 36.4 Å². The number of methoxy groups -OCH3 is 1. The SMILES string of the molecule is CCOc1ccc([C@H](CNC(=O)c2ccc(C)c([N+](=O)[O-])c2)N2CCOCC2)cc1OC. The zero-order valence-corrected chi connectivity index (χ0v) is 18.6. The fourth-order valence-electron chi connectivity index (χ4n) is 3.75. The highest BCUT2D eigenvalue weighted by Gasteiger charge is 2.25. The summed E-state index contributed by atoms with van der Waals surface area (Å²) < 4.78 is 16.6. The number of aryl methyl sites for hydroxylation is 1. The first-order valence-electron chi connectivity index (χ1n) is 10.6. The van der Waals surface area contributed by atoms with Crippen LogP contribution in [0.1, 0.15) is 34.5 Å². The summed E-state index contributed by atoms with van der Waals surface area (Å²) in [5.74, 6) is 0.933. The van der Waals surface area contributed by atoms with Gasteiger partial charge in [-0.3, -0.25) is 19.8 Å². The number of rotatable bonds is 9. The molecule has 0 saturated carbocycles. The van der Waals surface area contributed by atoms with Gasteiger partial charge in [-0.25, -0.2) is 0 Å². The van der Waals surface area contributed by atoms with Crippen molar-refractivity contribution >= 4 is 11.6 Å². The molecule has 2 aromatic rings. The Morgan fingerprint density at radius 1 is 1.22 bits per heavy atom. The van der Waals surface area contributed by atoms with Crippen LogP contribution >= 0.6 is 0 Å². The normalized spacial score (nSPS) is 15.1. The molecule has 1 N–H and O–H groups in total. The van der Waals surface area contributed by atoms with Crippen LogP contribution in [-0.4, -0.2) is 62.3 Å². The molecule has 1 aliphatic rings. The molecule has 9 heteroatoms. The highest BCUT2D eigenvalue weighted by Crippen LogP contribution is 2.32. The van der Waals surface area contributed by atoms with Crippen molar-refractivity contribution in [2.45, 2.75) is 19.9 Å². The van der Waals surface area contributed by atoms with Gasteiger partial charge >= 0.3 is 0 Å². The molecular weight excluding hydrogens is 414 g/mol. The van der Waals surface area contributed by atoms with E-state index < -0.39 is 4.92 Å². The van der Waals surface area contributed by atoms with Crippen LogP contribution in [-0.2, 0) is 4.74 Å². The minimum atomic E-state index is -0.477. The van der Waals surface area contributed by atoms with Crippen molar-refractivity contribution < 1.29 is 23.9 Å². The lowest BCUT2D eigenvalue weighted by atomic mass is 10.0. The Balaban J connectivity index is 1.82. The second-order valence-corrected chi connectivity index (χ2v) is 7.48. The molecule has 0 aromatic heterocycles. The average Bonchev–Trinajstić information content (AvgIpc) is 2.80. The molecule has 0 radical (unpaired) electrons. The third-order valence-electron chi connectivity index (χ3n) is 5.48. The van der Waals surface area contributed by atoms with Gasteiger partial charge in [0.25, 0.3) is 11.6 Å². The summed E-state index contributed by atoms with van der Waals surface area (Å²) in [5, 5.41) is 14.2. The zero-order valence-electron chi connectivity index (χ0n) is 18.6. The molecule has 2 aromatic carbocycles. The van der Waals surface area contributed by atoms with Gasteiger partial charge in [-0.1, -0.05) is 12.1 Å². The van der Waals surface area contributed by atoms with Crippen LogP contribution < -0.4 is 14.8 Å². The maximum atomic E-state index is 12.8. The molecule has 32 heavy (non-hydrogen) atoms. The van der Waals surface area contributed by atoms with Crippen LogP contribution in [0.4, 0.5) is 5.69 Å². The number of morpholine rings is 1. The number of benzene rings is 2. The summed E-state index contributed by atoms with van der Waals surface area (Å²) in [5.41, 5.74) is 1.67. The van der Waals surface area contributed by atoms with Crippen molar-refractivity contribution in [3.05, 3.63) is 63.2 Å². The van der Waals surface area contributed by atoms with E-state index in [2.05, 4.69) is 10.2 Å². The number of amides is 1. The van der Waals surface area contributed by atoms with E-state index >= 15 is 0 Å². The van der Waals surface area contributed by atoms with Gasteiger partial charge < -0.3 is 19.5 Å². The van der Waals surface area contributed by atoms with Crippen molar-refractivity contribution in [2.75, 3.05) is 46.6 Å². The molecule has 0 spiro atoms. The first-order chi connectivity index (χ1) is 15.4. The van der Waals surface area contributed by atoms with Gasteiger partial charge in [0.05, 0.1) is 37.9 Å². The third kappa shape index (κ3) is 5.54. The van der Waals surface area contributed by atoms with Crippen molar-refractivity contribution in [3.8, 4) is 11.5 Å². The number of hydrogen-bond donors (Lipinski definition) is 1. The Labute approximate surface area is 187 Å². The van der Waals surface area contributed by atoms with E-state index in [-0.39, 0.29) is 23.2 Å². The highest BCUT2D eigenvalue weighted by atomic mass is 16.6. The van der Waals surface area contributed by atoms with E-state index in [1.54, 1.807) is 26.2 Å². The molecule has 1 amide bonds. The molecule has 3 rings (SSSR count). The topological polar surface area (TPSA) is 103 Å². The Kier molecular flexibility index (Phi) is 8.02. The summed E-state index contributed by atoms with van der Waals surface area (Å²) in [7, 11) is 1.59. The van der Waals surface area contributed by atoms with Crippen LogP contribution in [0, 0.1) is 17.0 Å². The first kappa shape index (κ1) is 23.5. The van der Waals surface area contributed by atoms with E-state index in [4.69, 9.17) is 14.2 Å². The van der Waals surface area contributed by atoms with Crippen molar-refractivity contribution in [3.63, 3.8) is 0 Å². The summed E-state index contributed by atoms with van der Waals surface area (Å²) in [4.78, 5) is 25.8. The molecule has 9 nitrogen and oxygen atoms in total. The molecule has 1 aliphatic heterocycles. The van der Waals surface area contributed by atoms with Gasteiger partial charge in [0, 0.05) is 36.8 Å². The summed E-state index contributed by atoms with van der Waals surface area (Å²) >= 11 is 0.